The summed E-state index contributed by atoms with van der Waals surface area (Å²) in [6.07, 6.45) is 1.44. The lowest BCUT2D eigenvalue weighted by Crippen LogP contribution is -2.22. The van der Waals surface area contributed by atoms with Gasteiger partial charge in [-0.1, -0.05) is 53.0 Å². The minimum atomic E-state index is -0.247. The van der Waals surface area contributed by atoms with Gasteiger partial charge in [-0.05, 0) is 42.8 Å². The number of benzene rings is 2. The van der Waals surface area contributed by atoms with E-state index >= 15 is 0 Å². The average molecular weight is 437 g/mol. The maximum atomic E-state index is 12.3. The molecule has 0 aliphatic heterocycles. The van der Waals surface area contributed by atoms with Crippen molar-refractivity contribution in [3.63, 3.8) is 0 Å². The predicted octanol–water partition coefficient (Wildman–Crippen LogP) is 6.19. The summed E-state index contributed by atoms with van der Waals surface area (Å²) >= 11 is 18.1. The lowest BCUT2D eigenvalue weighted by atomic mass is 10.2. The summed E-state index contributed by atoms with van der Waals surface area (Å²) in [6.45, 7) is 1.95. The molecule has 28 heavy (non-hydrogen) atoms. The number of hydrogen-bond acceptors (Lipinski definition) is 4. The molecule has 0 atom stereocenters. The number of aromatic nitrogens is 1. The zero-order chi connectivity index (χ0) is 20.1. The third-order valence-corrected chi connectivity index (χ3v) is 4.50. The van der Waals surface area contributed by atoms with Gasteiger partial charge in [0.25, 0.3) is 0 Å². The number of nitrogens with one attached hydrogen (secondary N) is 2. The van der Waals surface area contributed by atoms with Crippen molar-refractivity contribution < 1.29 is 9.53 Å². The lowest BCUT2D eigenvalue weighted by Gasteiger charge is -2.13. The van der Waals surface area contributed by atoms with E-state index in [-0.39, 0.29) is 23.4 Å². The molecule has 3 aromatic rings. The Labute approximate surface area is 177 Å². The Morgan fingerprint density at radius 3 is 2.57 bits per heavy atom. The van der Waals surface area contributed by atoms with Crippen LogP contribution >= 0.6 is 34.8 Å². The number of rotatable bonds is 6. The molecule has 0 bridgehead atoms. The third-order valence-electron chi connectivity index (χ3n) is 3.71. The normalized spacial score (nSPS) is 10.4. The molecule has 1 amide bonds. The van der Waals surface area contributed by atoms with Gasteiger partial charge in [0.05, 0.1) is 28.0 Å². The number of hydrogen-bond donors (Lipinski definition) is 2. The summed E-state index contributed by atoms with van der Waals surface area (Å²) < 4.78 is 5.76. The van der Waals surface area contributed by atoms with E-state index in [4.69, 9.17) is 39.5 Å². The van der Waals surface area contributed by atoms with Crippen LogP contribution in [0.4, 0.5) is 11.4 Å². The number of carbonyl (C=O) groups excluding carboxylic acids is 1. The Morgan fingerprint density at radius 2 is 1.82 bits per heavy atom. The molecule has 0 unspecified atom stereocenters. The van der Waals surface area contributed by atoms with Gasteiger partial charge in [-0.25, -0.2) is 4.98 Å². The first kappa shape index (κ1) is 20.3. The van der Waals surface area contributed by atoms with Crippen molar-refractivity contribution >= 4 is 52.1 Å². The number of aryl methyl sites for hydroxylation is 1. The fraction of sp³-hybridized carbons (Fsp3) is 0.100. The molecule has 1 aromatic heterocycles. The first-order chi connectivity index (χ1) is 13.4. The minimum Gasteiger partial charge on any atom is -0.435 e. The monoisotopic (exact) mass is 435 g/mol. The summed E-state index contributed by atoms with van der Waals surface area (Å²) in [5.41, 5.74) is 2.18. The van der Waals surface area contributed by atoms with Crippen molar-refractivity contribution in [1.29, 1.82) is 0 Å². The van der Waals surface area contributed by atoms with Crippen molar-refractivity contribution in [2.24, 2.45) is 0 Å². The largest absolute Gasteiger partial charge is 0.435 e. The molecule has 0 saturated heterocycles. The zero-order valence-corrected chi connectivity index (χ0v) is 17.1. The van der Waals surface area contributed by atoms with Gasteiger partial charge in [-0.15, -0.1) is 0 Å². The second kappa shape index (κ2) is 9.15. The van der Waals surface area contributed by atoms with Gasteiger partial charge >= 0.3 is 0 Å². The van der Waals surface area contributed by atoms with Crippen LogP contribution in [0.5, 0.6) is 11.6 Å². The highest BCUT2D eigenvalue weighted by Crippen LogP contribution is 2.33. The van der Waals surface area contributed by atoms with Crippen LogP contribution in [0.2, 0.25) is 15.1 Å². The first-order valence-corrected chi connectivity index (χ1v) is 9.43. The molecule has 144 valence electrons. The van der Waals surface area contributed by atoms with E-state index in [0.717, 1.165) is 5.56 Å². The topological polar surface area (TPSA) is 63.2 Å². The summed E-state index contributed by atoms with van der Waals surface area (Å²) in [7, 11) is 0. The summed E-state index contributed by atoms with van der Waals surface area (Å²) in [5.74, 6) is 0.444. The van der Waals surface area contributed by atoms with Crippen molar-refractivity contribution in [1.82, 2.24) is 4.98 Å². The van der Waals surface area contributed by atoms with Gasteiger partial charge < -0.3 is 15.4 Å². The smallest absolute Gasteiger partial charge is 0.243 e. The molecular weight excluding hydrogens is 421 g/mol. The van der Waals surface area contributed by atoms with Crippen LogP contribution < -0.4 is 15.4 Å². The maximum Gasteiger partial charge on any atom is 0.243 e. The number of halogens is 3. The van der Waals surface area contributed by atoms with Crippen LogP contribution in [-0.4, -0.2) is 17.4 Å². The highest BCUT2D eigenvalue weighted by molar-refractivity contribution is 6.35. The zero-order valence-electron chi connectivity index (χ0n) is 14.8. The van der Waals surface area contributed by atoms with Crippen molar-refractivity contribution in [3.8, 4) is 11.6 Å². The van der Waals surface area contributed by atoms with Crippen LogP contribution in [0.1, 0.15) is 5.56 Å². The molecule has 0 saturated carbocycles. The van der Waals surface area contributed by atoms with Crippen LogP contribution in [0.25, 0.3) is 0 Å². The third kappa shape index (κ3) is 5.29. The van der Waals surface area contributed by atoms with Gasteiger partial charge in [-0.3, -0.25) is 4.79 Å². The summed E-state index contributed by atoms with van der Waals surface area (Å²) in [6, 6.07) is 14.1. The molecule has 2 N–H and O–H groups in total. The molecule has 1 heterocycles. The second-order valence-electron chi connectivity index (χ2n) is 5.92. The number of carbonyl (C=O) groups is 1. The quantitative estimate of drug-likeness (QED) is 0.483. The fourth-order valence-corrected chi connectivity index (χ4v) is 3.08. The molecule has 0 aliphatic rings. The van der Waals surface area contributed by atoms with Crippen LogP contribution in [0.3, 0.4) is 0 Å². The van der Waals surface area contributed by atoms with Crippen LogP contribution in [0, 0.1) is 6.92 Å². The van der Waals surface area contributed by atoms with Crippen LogP contribution in [-0.2, 0) is 4.79 Å². The van der Waals surface area contributed by atoms with E-state index in [2.05, 4.69) is 15.6 Å². The van der Waals surface area contributed by atoms with Crippen molar-refractivity contribution in [3.05, 3.63) is 75.4 Å². The maximum absolute atomic E-state index is 12.3. The Balaban J connectivity index is 1.67. The summed E-state index contributed by atoms with van der Waals surface area (Å²) in [5, 5.41) is 6.99. The highest BCUT2D eigenvalue weighted by Gasteiger charge is 2.11. The minimum absolute atomic E-state index is 0.0202. The molecular formula is C20H16Cl3N3O2. The van der Waals surface area contributed by atoms with Gasteiger partial charge in [0.2, 0.25) is 11.8 Å². The van der Waals surface area contributed by atoms with Gasteiger partial charge in [0.15, 0.2) is 5.75 Å². The van der Waals surface area contributed by atoms with E-state index < -0.39 is 0 Å². The van der Waals surface area contributed by atoms with E-state index in [1.165, 1.54) is 6.20 Å². The van der Waals surface area contributed by atoms with E-state index in [9.17, 15) is 4.79 Å². The SMILES string of the molecule is Cc1ccc(NC(=O)CNc2ccccc2Oc2ncc(Cl)cc2Cl)c(Cl)c1. The van der Waals surface area contributed by atoms with Crippen molar-refractivity contribution in [2.45, 2.75) is 6.92 Å². The Hall–Kier alpha value is -2.47. The fourth-order valence-electron chi connectivity index (χ4n) is 2.37. The Kier molecular flexibility index (Phi) is 6.62. The molecule has 2 aromatic carbocycles. The van der Waals surface area contributed by atoms with Gasteiger partial charge in [0, 0.05) is 6.20 Å². The van der Waals surface area contributed by atoms with Gasteiger partial charge in [-0.2, -0.15) is 0 Å². The number of pyridine rings is 1. The molecule has 0 aliphatic carbocycles. The molecule has 0 fully saturated rings. The first-order valence-electron chi connectivity index (χ1n) is 8.30. The predicted molar refractivity (Wildman–Crippen MR) is 114 cm³/mol. The molecule has 8 heteroatoms. The van der Waals surface area contributed by atoms with Crippen LogP contribution in [0.15, 0.2) is 54.7 Å². The standard InChI is InChI=1S/C20H16Cl3N3O2/c1-12-6-7-16(14(22)8-12)26-19(27)11-24-17-4-2-3-5-18(17)28-20-15(23)9-13(21)10-25-20/h2-10,24H,11H2,1H3,(H,26,27). The Morgan fingerprint density at radius 1 is 1.04 bits per heavy atom. The van der Waals surface area contributed by atoms with Gasteiger partial charge in [0.1, 0.15) is 5.02 Å². The number of anilines is 2. The average Bonchev–Trinajstić information content (AvgIpc) is 2.65. The van der Waals surface area contributed by atoms with E-state index in [1.54, 1.807) is 36.4 Å². The highest BCUT2D eigenvalue weighted by atomic mass is 35.5. The summed E-state index contributed by atoms with van der Waals surface area (Å²) in [4.78, 5) is 16.3. The lowest BCUT2D eigenvalue weighted by molar-refractivity contribution is -0.114. The number of nitrogens with zero attached hydrogens (tertiary/aromatic N) is 1. The number of amides is 1. The molecule has 0 radical (unpaired) electrons. The van der Waals surface area contributed by atoms with Crippen molar-refractivity contribution in [2.75, 3.05) is 17.2 Å². The molecule has 0 spiro atoms. The molecule has 3 rings (SSSR count). The molecule has 5 nitrogen and oxygen atoms in total. The second-order valence-corrected chi connectivity index (χ2v) is 7.17. The van der Waals surface area contributed by atoms with E-state index in [0.29, 0.717) is 27.2 Å². The van der Waals surface area contributed by atoms with E-state index in [1.807, 2.05) is 19.1 Å². The number of para-hydroxylation sites is 2. The Bertz CT molecular complexity index is 1010. The number of ether oxygens (including phenoxy) is 1.